The average molecular weight is 359 g/mol. The quantitative estimate of drug-likeness (QED) is 0.719. The number of nitrogens with one attached hydrogen (secondary N) is 2. The Hall–Kier alpha value is -2.08. The first kappa shape index (κ1) is 18.7. The zero-order chi connectivity index (χ0) is 18.5. The normalized spacial score (nSPS) is 27.5. The molecule has 2 atom stereocenters. The Morgan fingerprint density at radius 1 is 1.12 bits per heavy atom. The molecule has 2 aliphatic rings. The van der Waals surface area contributed by atoms with E-state index < -0.39 is 0 Å². The highest BCUT2D eigenvalue weighted by Crippen LogP contribution is 2.41. The van der Waals surface area contributed by atoms with Gasteiger partial charge in [0.25, 0.3) is 0 Å². The number of carbonyl (C=O) groups excluding carboxylic acids is 2. The van der Waals surface area contributed by atoms with Crippen molar-refractivity contribution in [2.75, 3.05) is 13.7 Å². The van der Waals surface area contributed by atoms with Gasteiger partial charge in [0.05, 0.1) is 13.7 Å². The SMILES string of the molecule is COc1ccc(CNC(=O)CNC(=O)C2CC3CCCC(C2)C3N)cc1. The van der Waals surface area contributed by atoms with Gasteiger partial charge in [-0.05, 0) is 55.2 Å². The minimum atomic E-state index is -0.179. The Morgan fingerprint density at radius 2 is 1.77 bits per heavy atom. The van der Waals surface area contributed by atoms with Gasteiger partial charge in [-0.1, -0.05) is 18.6 Å². The maximum atomic E-state index is 12.4. The highest BCUT2D eigenvalue weighted by Gasteiger charge is 2.40. The number of fused-ring (bicyclic) bond motifs is 2. The van der Waals surface area contributed by atoms with Crippen LogP contribution in [0.1, 0.15) is 37.7 Å². The molecule has 2 aliphatic carbocycles. The van der Waals surface area contributed by atoms with E-state index in [0.717, 1.165) is 37.0 Å². The van der Waals surface area contributed by atoms with Crippen LogP contribution < -0.4 is 21.1 Å². The van der Waals surface area contributed by atoms with E-state index in [9.17, 15) is 9.59 Å². The standard InChI is InChI=1S/C20H29N3O3/c1-26-17-7-5-13(6-8-17)11-22-18(24)12-23-20(25)16-9-14-3-2-4-15(10-16)19(14)21/h5-8,14-16,19H,2-4,9-12,21H2,1H3,(H,22,24)(H,23,25). The van der Waals surface area contributed by atoms with Gasteiger partial charge in [-0.2, -0.15) is 0 Å². The van der Waals surface area contributed by atoms with Crippen LogP contribution in [0.3, 0.4) is 0 Å². The second-order valence-corrected chi connectivity index (χ2v) is 7.54. The van der Waals surface area contributed by atoms with E-state index in [4.69, 9.17) is 10.5 Å². The first-order valence-electron chi connectivity index (χ1n) is 9.49. The van der Waals surface area contributed by atoms with Crippen molar-refractivity contribution in [2.45, 2.75) is 44.7 Å². The fourth-order valence-electron chi connectivity index (χ4n) is 4.32. The molecule has 0 aliphatic heterocycles. The summed E-state index contributed by atoms with van der Waals surface area (Å²) in [7, 11) is 1.62. The molecular formula is C20H29N3O3. The number of ether oxygens (including phenoxy) is 1. The molecule has 0 saturated heterocycles. The lowest BCUT2D eigenvalue weighted by Crippen LogP contribution is -2.49. The number of rotatable bonds is 6. The van der Waals surface area contributed by atoms with Gasteiger partial charge in [0.1, 0.15) is 5.75 Å². The van der Waals surface area contributed by atoms with Gasteiger partial charge >= 0.3 is 0 Å². The van der Waals surface area contributed by atoms with E-state index in [0.29, 0.717) is 18.4 Å². The number of nitrogens with two attached hydrogens (primary N) is 1. The number of carbonyl (C=O) groups is 2. The van der Waals surface area contributed by atoms with Crippen LogP contribution >= 0.6 is 0 Å². The molecule has 2 fully saturated rings. The van der Waals surface area contributed by atoms with E-state index in [1.165, 1.54) is 6.42 Å². The Kier molecular flexibility index (Phi) is 6.14. The molecule has 2 amide bonds. The van der Waals surface area contributed by atoms with Gasteiger partial charge in [0.15, 0.2) is 0 Å². The smallest absolute Gasteiger partial charge is 0.239 e. The number of benzene rings is 1. The molecule has 142 valence electrons. The largest absolute Gasteiger partial charge is 0.497 e. The predicted octanol–water partition coefficient (Wildman–Crippen LogP) is 1.58. The molecule has 4 N–H and O–H groups in total. The van der Waals surface area contributed by atoms with Gasteiger partial charge in [-0.3, -0.25) is 9.59 Å². The monoisotopic (exact) mass is 359 g/mol. The second kappa shape index (κ2) is 8.54. The van der Waals surface area contributed by atoms with E-state index >= 15 is 0 Å². The summed E-state index contributed by atoms with van der Waals surface area (Å²) in [6, 6.07) is 7.77. The third-order valence-corrected chi connectivity index (χ3v) is 5.86. The van der Waals surface area contributed by atoms with Crippen LogP contribution in [0.2, 0.25) is 0 Å². The van der Waals surface area contributed by atoms with Crippen molar-refractivity contribution >= 4 is 11.8 Å². The number of amides is 2. The molecule has 6 heteroatoms. The molecule has 2 unspecified atom stereocenters. The Bertz CT molecular complexity index is 618. The molecule has 26 heavy (non-hydrogen) atoms. The van der Waals surface area contributed by atoms with E-state index in [1.807, 2.05) is 24.3 Å². The highest BCUT2D eigenvalue weighted by molar-refractivity contribution is 5.85. The van der Waals surface area contributed by atoms with Gasteiger partial charge in [-0.15, -0.1) is 0 Å². The third-order valence-electron chi connectivity index (χ3n) is 5.86. The van der Waals surface area contributed by atoms with Crippen molar-refractivity contribution < 1.29 is 14.3 Å². The highest BCUT2D eigenvalue weighted by atomic mass is 16.5. The summed E-state index contributed by atoms with van der Waals surface area (Å²) < 4.78 is 5.11. The van der Waals surface area contributed by atoms with Crippen molar-refractivity contribution in [3.8, 4) is 5.75 Å². The first-order valence-corrected chi connectivity index (χ1v) is 9.49. The van der Waals surface area contributed by atoms with Gasteiger partial charge < -0.3 is 21.1 Å². The molecule has 1 aromatic rings. The van der Waals surface area contributed by atoms with Crippen LogP contribution in [-0.2, 0) is 16.1 Å². The molecule has 0 spiro atoms. The summed E-state index contributed by atoms with van der Waals surface area (Å²) in [6.07, 6.45) is 5.20. The molecule has 6 nitrogen and oxygen atoms in total. The Morgan fingerprint density at radius 3 is 2.38 bits per heavy atom. The summed E-state index contributed by atoms with van der Waals surface area (Å²) in [4.78, 5) is 24.4. The zero-order valence-corrected chi connectivity index (χ0v) is 15.4. The number of hydrogen-bond acceptors (Lipinski definition) is 4. The average Bonchev–Trinajstić information content (AvgIpc) is 2.64. The lowest BCUT2D eigenvalue weighted by molar-refractivity contribution is -0.130. The topological polar surface area (TPSA) is 93.5 Å². The van der Waals surface area contributed by atoms with Crippen LogP contribution in [0.5, 0.6) is 5.75 Å². The van der Waals surface area contributed by atoms with Crippen LogP contribution in [-0.4, -0.2) is 31.5 Å². The van der Waals surface area contributed by atoms with Crippen molar-refractivity contribution in [1.82, 2.24) is 10.6 Å². The maximum Gasteiger partial charge on any atom is 0.239 e. The Balaban J connectivity index is 1.40. The molecule has 0 heterocycles. The van der Waals surface area contributed by atoms with E-state index in [2.05, 4.69) is 10.6 Å². The lowest BCUT2D eigenvalue weighted by atomic mass is 9.65. The van der Waals surface area contributed by atoms with Crippen LogP contribution in [0.25, 0.3) is 0 Å². The summed E-state index contributed by atoms with van der Waals surface area (Å²) in [5.74, 6) is 1.52. The predicted molar refractivity (Wildman–Crippen MR) is 99.4 cm³/mol. The number of methoxy groups -OCH3 is 1. The first-order chi connectivity index (χ1) is 12.6. The minimum absolute atomic E-state index is 0.000474. The fourth-order valence-corrected chi connectivity index (χ4v) is 4.32. The van der Waals surface area contributed by atoms with Gasteiger partial charge in [0.2, 0.25) is 11.8 Å². The van der Waals surface area contributed by atoms with E-state index in [-0.39, 0.29) is 30.3 Å². The zero-order valence-electron chi connectivity index (χ0n) is 15.4. The molecular weight excluding hydrogens is 330 g/mol. The molecule has 0 radical (unpaired) electrons. The van der Waals surface area contributed by atoms with Crippen molar-refractivity contribution in [3.63, 3.8) is 0 Å². The Labute approximate surface area is 154 Å². The summed E-state index contributed by atoms with van der Waals surface area (Å²) in [5, 5.41) is 5.63. The van der Waals surface area contributed by atoms with Crippen molar-refractivity contribution in [2.24, 2.45) is 23.5 Å². The third kappa shape index (κ3) is 4.55. The fraction of sp³-hybridized carbons (Fsp3) is 0.600. The van der Waals surface area contributed by atoms with Crippen LogP contribution in [0.4, 0.5) is 0 Å². The summed E-state index contributed by atoms with van der Waals surface area (Å²) in [6.45, 7) is 0.452. The van der Waals surface area contributed by atoms with Crippen molar-refractivity contribution in [1.29, 1.82) is 0 Å². The molecule has 1 aromatic carbocycles. The van der Waals surface area contributed by atoms with Crippen molar-refractivity contribution in [3.05, 3.63) is 29.8 Å². The molecule has 3 rings (SSSR count). The summed E-state index contributed by atoms with van der Waals surface area (Å²) >= 11 is 0. The maximum absolute atomic E-state index is 12.4. The number of hydrogen-bond donors (Lipinski definition) is 3. The molecule has 2 saturated carbocycles. The van der Waals surface area contributed by atoms with Gasteiger partial charge in [0, 0.05) is 18.5 Å². The minimum Gasteiger partial charge on any atom is -0.497 e. The van der Waals surface area contributed by atoms with Crippen LogP contribution in [0.15, 0.2) is 24.3 Å². The van der Waals surface area contributed by atoms with E-state index in [1.54, 1.807) is 7.11 Å². The second-order valence-electron chi connectivity index (χ2n) is 7.54. The van der Waals surface area contributed by atoms with Crippen LogP contribution in [0, 0.1) is 17.8 Å². The van der Waals surface area contributed by atoms with Gasteiger partial charge in [-0.25, -0.2) is 0 Å². The summed E-state index contributed by atoms with van der Waals surface area (Å²) in [5.41, 5.74) is 7.26. The lowest BCUT2D eigenvalue weighted by Gasteiger charge is -2.43. The molecule has 0 aromatic heterocycles. The molecule has 2 bridgehead atoms.